The van der Waals surface area contributed by atoms with Gasteiger partial charge in [0.15, 0.2) is 0 Å². The number of ether oxygens (including phenoxy) is 2. The van der Waals surface area contributed by atoms with Gasteiger partial charge < -0.3 is 19.5 Å². The summed E-state index contributed by atoms with van der Waals surface area (Å²) >= 11 is 0. The molecule has 1 aromatic rings. The minimum Gasteiger partial charge on any atom is -0.497 e. The van der Waals surface area contributed by atoms with Gasteiger partial charge in [-0.15, -0.1) is 0 Å². The van der Waals surface area contributed by atoms with Crippen molar-refractivity contribution in [3.8, 4) is 11.5 Å². The molecule has 2 aliphatic rings. The number of methoxy groups -OCH3 is 2. The van der Waals surface area contributed by atoms with E-state index in [0.717, 1.165) is 19.3 Å². The Bertz CT molecular complexity index is 634. The highest BCUT2D eigenvalue weighted by atomic mass is 16.5. The molecule has 0 bridgehead atoms. The van der Waals surface area contributed by atoms with Crippen LogP contribution in [0.1, 0.15) is 29.6 Å². The Morgan fingerprint density at radius 1 is 1.22 bits per heavy atom. The summed E-state index contributed by atoms with van der Waals surface area (Å²) < 4.78 is 10.5. The van der Waals surface area contributed by atoms with Gasteiger partial charge in [0.25, 0.3) is 5.91 Å². The molecule has 1 spiro atoms. The topological polar surface area (TPSA) is 76.1 Å². The van der Waals surface area contributed by atoms with Gasteiger partial charge in [0.2, 0.25) is 0 Å². The molecule has 1 amide bonds. The lowest BCUT2D eigenvalue weighted by molar-refractivity contribution is -0.139. The van der Waals surface area contributed by atoms with Gasteiger partial charge in [0.05, 0.1) is 25.7 Å². The molecule has 6 nitrogen and oxygen atoms in total. The maximum atomic E-state index is 12.8. The summed E-state index contributed by atoms with van der Waals surface area (Å²) in [5.74, 6) is 0.0927. The number of aliphatic carboxylic acids is 1. The Morgan fingerprint density at radius 2 is 1.91 bits per heavy atom. The summed E-state index contributed by atoms with van der Waals surface area (Å²) in [6.07, 6.45) is 2.25. The number of hydrogen-bond acceptors (Lipinski definition) is 4. The van der Waals surface area contributed by atoms with Crippen LogP contribution in [0.2, 0.25) is 0 Å². The molecular weight excluding hydrogens is 298 g/mol. The highest BCUT2D eigenvalue weighted by Gasteiger charge is 2.59. The third-order valence-electron chi connectivity index (χ3n) is 5.17. The van der Waals surface area contributed by atoms with E-state index in [4.69, 9.17) is 14.6 Å². The SMILES string of the molecule is COc1ccc(OC)c(C(=O)N2CCC3(CC2)CC3C(=O)O)c1. The third-order valence-corrected chi connectivity index (χ3v) is 5.17. The first kappa shape index (κ1) is 15.6. The predicted octanol–water partition coefficient (Wildman–Crippen LogP) is 2.03. The van der Waals surface area contributed by atoms with E-state index >= 15 is 0 Å². The quantitative estimate of drug-likeness (QED) is 0.919. The summed E-state index contributed by atoms with van der Waals surface area (Å²) in [5.41, 5.74) is 0.398. The molecule has 2 fully saturated rings. The van der Waals surface area contributed by atoms with Crippen LogP contribution in [-0.2, 0) is 4.79 Å². The van der Waals surface area contributed by atoms with Gasteiger partial charge in [-0.1, -0.05) is 0 Å². The fraction of sp³-hybridized carbons (Fsp3) is 0.529. The van der Waals surface area contributed by atoms with Crippen LogP contribution < -0.4 is 9.47 Å². The number of benzene rings is 1. The first-order valence-electron chi connectivity index (χ1n) is 7.75. The minimum absolute atomic E-state index is 0.0823. The van der Waals surface area contributed by atoms with Crippen molar-refractivity contribution in [1.29, 1.82) is 0 Å². The van der Waals surface area contributed by atoms with Gasteiger partial charge in [-0.25, -0.2) is 0 Å². The van der Waals surface area contributed by atoms with Crippen molar-refractivity contribution in [2.75, 3.05) is 27.3 Å². The van der Waals surface area contributed by atoms with Gasteiger partial charge in [0.1, 0.15) is 11.5 Å². The highest BCUT2D eigenvalue weighted by Crippen LogP contribution is 2.59. The molecule has 1 heterocycles. The molecule has 1 atom stereocenters. The first-order valence-corrected chi connectivity index (χ1v) is 7.75. The highest BCUT2D eigenvalue weighted by molar-refractivity contribution is 5.97. The summed E-state index contributed by atoms with van der Waals surface area (Å²) in [7, 11) is 3.09. The van der Waals surface area contributed by atoms with Gasteiger partial charge in [-0.2, -0.15) is 0 Å². The number of carbonyl (C=O) groups is 2. The molecule has 0 radical (unpaired) electrons. The van der Waals surface area contributed by atoms with Gasteiger partial charge in [-0.05, 0) is 42.9 Å². The predicted molar refractivity (Wildman–Crippen MR) is 82.9 cm³/mol. The standard InChI is InChI=1S/C17H21NO5/c1-22-11-3-4-14(23-2)12(9-11)15(19)18-7-5-17(6-8-18)10-13(17)16(20)21/h3-4,9,13H,5-8,10H2,1-2H3,(H,20,21). The lowest BCUT2D eigenvalue weighted by Gasteiger charge is -2.33. The second kappa shape index (κ2) is 5.76. The van der Waals surface area contributed by atoms with E-state index in [1.807, 2.05) is 0 Å². The van der Waals surface area contributed by atoms with E-state index < -0.39 is 5.97 Å². The number of carboxylic acid groups (broad SMARTS) is 1. The number of rotatable bonds is 4. The Morgan fingerprint density at radius 3 is 2.43 bits per heavy atom. The number of nitrogens with zero attached hydrogens (tertiary/aromatic N) is 1. The van der Waals surface area contributed by atoms with Gasteiger partial charge >= 0.3 is 5.97 Å². The van der Waals surface area contributed by atoms with Crippen molar-refractivity contribution in [3.05, 3.63) is 23.8 Å². The van der Waals surface area contributed by atoms with Gasteiger partial charge in [-0.3, -0.25) is 9.59 Å². The number of amides is 1. The molecule has 1 saturated heterocycles. The first-order chi connectivity index (χ1) is 11.0. The zero-order chi connectivity index (χ0) is 16.6. The van der Waals surface area contributed by atoms with Crippen LogP contribution in [0.5, 0.6) is 11.5 Å². The molecule has 1 aromatic carbocycles. The minimum atomic E-state index is -0.709. The third kappa shape index (κ3) is 2.73. The van der Waals surface area contributed by atoms with Crippen LogP contribution in [0, 0.1) is 11.3 Å². The van der Waals surface area contributed by atoms with Crippen LogP contribution in [0.3, 0.4) is 0 Å². The normalized spacial score (nSPS) is 21.8. The van der Waals surface area contributed by atoms with Gasteiger partial charge in [0, 0.05) is 13.1 Å². The lowest BCUT2D eigenvalue weighted by atomic mass is 9.90. The van der Waals surface area contributed by atoms with E-state index in [1.54, 1.807) is 30.2 Å². The fourth-order valence-corrected chi connectivity index (χ4v) is 3.56. The van der Waals surface area contributed by atoms with Crippen LogP contribution in [0.25, 0.3) is 0 Å². The zero-order valence-electron chi connectivity index (χ0n) is 13.4. The maximum Gasteiger partial charge on any atom is 0.307 e. The molecule has 6 heteroatoms. The summed E-state index contributed by atoms with van der Waals surface area (Å²) in [4.78, 5) is 25.7. The molecule has 1 unspecified atom stereocenters. The average molecular weight is 319 g/mol. The Balaban J connectivity index is 1.72. The van der Waals surface area contributed by atoms with Crippen molar-refractivity contribution in [1.82, 2.24) is 4.90 Å². The smallest absolute Gasteiger partial charge is 0.307 e. The molecule has 0 aromatic heterocycles. The van der Waals surface area contributed by atoms with Crippen molar-refractivity contribution in [2.45, 2.75) is 19.3 Å². The van der Waals surface area contributed by atoms with Crippen LogP contribution in [-0.4, -0.2) is 49.2 Å². The summed E-state index contributed by atoms with van der Waals surface area (Å²) in [5, 5.41) is 9.14. The van der Waals surface area contributed by atoms with Crippen molar-refractivity contribution in [3.63, 3.8) is 0 Å². The number of carboxylic acids is 1. The Hall–Kier alpha value is -2.24. The summed E-state index contributed by atoms with van der Waals surface area (Å²) in [6, 6.07) is 5.16. The molecule has 124 valence electrons. The van der Waals surface area contributed by atoms with Crippen LogP contribution in [0.15, 0.2) is 18.2 Å². The number of likely N-dealkylation sites (tertiary alicyclic amines) is 1. The van der Waals surface area contributed by atoms with E-state index in [1.165, 1.54) is 7.11 Å². The Kier molecular flexibility index (Phi) is 3.92. The van der Waals surface area contributed by atoms with E-state index in [0.29, 0.717) is 30.2 Å². The number of hydrogen-bond donors (Lipinski definition) is 1. The molecular formula is C17H21NO5. The van der Waals surface area contributed by atoms with Crippen LogP contribution in [0.4, 0.5) is 0 Å². The zero-order valence-corrected chi connectivity index (χ0v) is 13.4. The van der Waals surface area contributed by atoms with E-state index in [9.17, 15) is 9.59 Å². The summed E-state index contributed by atoms with van der Waals surface area (Å²) in [6.45, 7) is 1.17. The lowest BCUT2D eigenvalue weighted by Crippen LogP contribution is -2.40. The average Bonchev–Trinajstić information content (AvgIpc) is 3.28. The molecule has 1 saturated carbocycles. The molecule has 1 aliphatic heterocycles. The second-order valence-corrected chi connectivity index (χ2v) is 6.32. The number of piperidine rings is 1. The monoisotopic (exact) mass is 319 g/mol. The fourth-order valence-electron chi connectivity index (χ4n) is 3.56. The van der Waals surface area contributed by atoms with Crippen LogP contribution >= 0.6 is 0 Å². The largest absolute Gasteiger partial charge is 0.497 e. The molecule has 3 rings (SSSR count). The second-order valence-electron chi connectivity index (χ2n) is 6.32. The van der Waals surface area contributed by atoms with E-state index in [-0.39, 0.29) is 17.2 Å². The molecule has 23 heavy (non-hydrogen) atoms. The Labute approximate surface area is 135 Å². The van der Waals surface area contributed by atoms with E-state index in [2.05, 4.69) is 0 Å². The van der Waals surface area contributed by atoms with Crippen molar-refractivity contribution < 1.29 is 24.2 Å². The molecule has 1 aliphatic carbocycles. The maximum absolute atomic E-state index is 12.8. The van der Waals surface area contributed by atoms with Crippen molar-refractivity contribution in [2.24, 2.45) is 11.3 Å². The molecule has 1 N–H and O–H groups in total. The number of carbonyl (C=O) groups excluding carboxylic acids is 1. The van der Waals surface area contributed by atoms with Crippen molar-refractivity contribution >= 4 is 11.9 Å².